The second-order valence-electron chi connectivity index (χ2n) is 6.87. The average Bonchev–Trinajstić information content (AvgIpc) is 3.12. The van der Waals surface area contributed by atoms with E-state index >= 15 is 0 Å². The zero-order chi connectivity index (χ0) is 17.4. The largest absolute Gasteiger partial charge is 0.496 e. The summed E-state index contributed by atoms with van der Waals surface area (Å²) in [7, 11) is 1.58. The highest BCUT2D eigenvalue weighted by Crippen LogP contribution is 2.46. The highest BCUT2D eigenvalue weighted by molar-refractivity contribution is 6.31. The first-order valence-corrected chi connectivity index (χ1v) is 9.22. The number of halogens is 1. The van der Waals surface area contributed by atoms with Crippen LogP contribution in [0.3, 0.4) is 0 Å². The predicted octanol–water partition coefficient (Wildman–Crippen LogP) is 3.93. The SMILES string of the molecule is COc1ccc(Cl)cc1C(=O)N1CCc2[nH]cnc2C12CCCCC2. The number of nitrogens with zero attached hydrogens (tertiary/aromatic N) is 2. The number of amides is 1. The molecule has 0 bridgehead atoms. The lowest BCUT2D eigenvalue weighted by molar-refractivity contribution is 0.0245. The molecule has 132 valence electrons. The molecule has 0 saturated heterocycles. The van der Waals surface area contributed by atoms with Crippen LogP contribution in [0.25, 0.3) is 0 Å². The van der Waals surface area contributed by atoms with Gasteiger partial charge in [-0.3, -0.25) is 4.79 Å². The highest BCUT2D eigenvalue weighted by Gasteiger charge is 2.47. The fraction of sp³-hybridized carbons (Fsp3) is 0.474. The molecule has 2 aromatic rings. The number of aromatic nitrogens is 2. The first kappa shape index (κ1) is 16.5. The van der Waals surface area contributed by atoms with Gasteiger partial charge in [0.05, 0.1) is 30.2 Å². The molecular weight excluding hydrogens is 338 g/mol. The summed E-state index contributed by atoms with van der Waals surface area (Å²) in [5.41, 5.74) is 2.44. The first-order valence-electron chi connectivity index (χ1n) is 8.84. The Morgan fingerprint density at radius 3 is 2.88 bits per heavy atom. The highest BCUT2D eigenvalue weighted by atomic mass is 35.5. The van der Waals surface area contributed by atoms with Crippen molar-refractivity contribution in [2.45, 2.75) is 44.1 Å². The van der Waals surface area contributed by atoms with Gasteiger partial charge in [0.15, 0.2) is 0 Å². The minimum atomic E-state index is -0.309. The third-order valence-electron chi connectivity index (χ3n) is 5.58. The molecule has 4 rings (SSSR count). The number of H-pyrrole nitrogens is 1. The summed E-state index contributed by atoms with van der Waals surface area (Å²) in [5, 5.41) is 0.541. The molecule has 1 amide bonds. The summed E-state index contributed by atoms with van der Waals surface area (Å²) in [4.78, 5) is 23.4. The van der Waals surface area contributed by atoms with Crippen molar-refractivity contribution in [3.63, 3.8) is 0 Å². The molecule has 0 radical (unpaired) electrons. The summed E-state index contributed by atoms with van der Waals surface area (Å²) in [6.07, 6.45) is 7.91. The molecule has 1 aromatic heterocycles. The Bertz CT molecular complexity index is 796. The number of hydrogen-bond donors (Lipinski definition) is 1. The van der Waals surface area contributed by atoms with Crippen molar-refractivity contribution in [2.24, 2.45) is 0 Å². The van der Waals surface area contributed by atoms with Gasteiger partial charge in [0.2, 0.25) is 0 Å². The number of carbonyl (C=O) groups is 1. The lowest BCUT2D eigenvalue weighted by Gasteiger charge is -2.48. The lowest BCUT2D eigenvalue weighted by Crippen LogP contribution is -2.54. The van der Waals surface area contributed by atoms with Gasteiger partial charge < -0.3 is 14.6 Å². The fourth-order valence-electron chi connectivity index (χ4n) is 4.41. The lowest BCUT2D eigenvalue weighted by atomic mass is 9.74. The van der Waals surface area contributed by atoms with Crippen molar-refractivity contribution in [1.29, 1.82) is 0 Å². The van der Waals surface area contributed by atoms with Gasteiger partial charge in [-0.15, -0.1) is 0 Å². The monoisotopic (exact) mass is 359 g/mol. The van der Waals surface area contributed by atoms with Crippen molar-refractivity contribution in [1.82, 2.24) is 14.9 Å². The minimum Gasteiger partial charge on any atom is -0.496 e. The van der Waals surface area contributed by atoms with Crippen LogP contribution in [0.15, 0.2) is 24.5 Å². The Balaban J connectivity index is 1.79. The molecule has 1 aliphatic carbocycles. The van der Waals surface area contributed by atoms with Crippen LogP contribution in [-0.2, 0) is 12.0 Å². The summed E-state index contributed by atoms with van der Waals surface area (Å²) < 4.78 is 5.41. The normalized spacial score (nSPS) is 18.9. The summed E-state index contributed by atoms with van der Waals surface area (Å²) in [5.74, 6) is 0.545. The number of imidazole rings is 1. The van der Waals surface area contributed by atoms with Gasteiger partial charge in [0, 0.05) is 23.7 Å². The fourth-order valence-corrected chi connectivity index (χ4v) is 4.58. The van der Waals surface area contributed by atoms with Crippen molar-refractivity contribution in [3.8, 4) is 5.75 Å². The second-order valence-corrected chi connectivity index (χ2v) is 7.31. The molecule has 0 unspecified atom stereocenters. The van der Waals surface area contributed by atoms with E-state index < -0.39 is 0 Å². The number of aromatic amines is 1. The number of methoxy groups -OCH3 is 1. The average molecular weight is 360 g/mol. The molecule has 2 aliphatic rings. The maximum absolute atomic E-state index is 13.5. The van der Waals surface area contributed by atoms with Gasteiger partial charge in [-0.05, 0) is 31.0 Å². The van der Waals surface area contributed by atoms with Crippen LogP contribution >= 0.6 is 11.6 Å². The van der Waals surface area contributed by atoms with Crippen molar-refractivity contribution >= 4 is 17.5 Å². The van der Waals surface area contributed by atoms with Crippen molar-refractivity contribution in [2.75, 3.05) is 13.7 Å². The molecule has 1 N–H and O–H groups in total. The topological polar surface area (TPSA) is 58.2 Å². The zero-order valence-corrected chi connectivity index (χ0v) is 15.1. The van der Waals surface area contributed by atoms with Crippen LogP contribution in [0.5, 0.6) is 5.75 Å². The molecule has 25 heavy (non-hydrogen) atoms. The van der Waals surface area contributed by atoms with Gasteiger partial charge >= 0.3 is 0 Å². The van der Waals surface area contributed by atoms with E-state index in [-0.39, 0.29) is 11.4 Å². The minimum absolute atomic E-state index is 0.0186. The number of hydrogen-bond acceptors (Lipinski definition) is 3. The van der Waals surface area contributed by atoms with E-state index in [1.807, 2.05) is 4.90 Å². The summed E-state index contributed by atoms with van der Waals surface area (Å²) in [6, 6.07) is 5.21. The molecular formula is C19H22ClN3O2. The van der Waals surface area contributed by atoms with E-state index in [0.717, 1.165) is 37.8 Å². The third kappa shape index (κ3) is 2.61. The first-order chi connectivity index (χ1) is 12.2. The molecule has 1 spiro atoms. The van der Waals surface area contributed by atoms with Crippen LogP contribution in [0, 0.1) is 0 Å². The quantitative estimate of drug-likeness (QED) is 0.883. The number of nitrogens with one attached hydrogen (secondary N) is 1. The Morgan fingerprint density at radius 1 is 1.32 bits per heavy atom. The van der Waals surface area contributed by atoms with Crippen molar-refractivity contribution in [3.05, 3.63) is 46.5 Å². The van der Waals surface area contributed by atoms with E-state index in [1.54, 1.807) is 31.6 Å². The maximum atomic E-state index is 13.5. The number of rotatable bonds is 2. The van der Waals surface area contributed by atoms with Crippen LogP contribution in [0.4, 0.5) is 0 Å². The van der Waals surface area contributed by atoms with E-state index in [2.05, 4.69) is 9.97 Å². The molecule has 0 atom stereocenters. The van der Waals surface area contributed by atoms with E-state index in [0.29, 0.717) is 22.9 Å². The second kappa shape index (κ2) is 6.37. The van der Waals surface area contributed by atoms with Crippen LogP contribution < -0.4 is 4.74 Å². The maximum Gasteiger partial charge on any atom is 0.258 e. The smallest absolute Gasteiger partial charge is 0.258 e. The summed E-state index contributed by atoms with van der Waals surface area (Å²) in [6.45, 7) is 0.684. The molecule has 2 heterocycles. The number of carbonyl (C=O) groups excluding carboxylic acids is 1. The number of fused-ring (bicyclic) bond motifs is 2. The van der Waals surface area contributed by atoms with Gasteiger partial charge in [-0.25, -0.2) is 4.98 Å². The molecule has 6 heteroatoms. The van der Waals surface area contributed by atoms with Crippen LogP contribution in [0.2, 0.25) is 5.02 Å². The molecule has 1 aromatic carbocycles. The molecule has 1 aliphatic heterocycles. The molecule has 5 nitrogen and oxygen atoms in total. The number of benzene rings is 1. The van der Waals surface area contributed by atoms with E-state index in [9.17, 15) is 4.79 Å². The number of ether oxygens (including phenoxy) is 1. The van der Waals surface area contributed by atoms with Crippen LogP contribution in [0.1, 0.15) is 53.8 Å². The third-order valence-corrected chi connectivity index (χ3v) is 5.81. The Morgan fingerprint density at radius 2 is 2.12 bits per heavy atom. The van der Waals surface area contributed by atoms with Crippen LogP contribution in [-0.4, -0.2) is 34.4 Å². The molecule has 1 fully saturated rings. The Hall–Kier alpha value is -2.01. The van der Waals surface area contributed by atoms with Gasteiger partial charge in [0.1, 0.15) is 5.75 Å². The van der Waals surface area contributed by atoms with E-state index in [4.69, 9.17) is 16.3 Å². The Kier molecular flexibility index (Phi) is 4.20. The standard InChI is InChI=1S/C19H22ClN3O2/c1-25-16-6-5-13(20)11-14(16)18(24)23-10-7-15-17(22-12-21-15)19(23)8-3-2-4-9-19/h5-6,11-12H,2-4,7-10H2,1H3,(H,21,22). The molecule has 1 saturated carbocycles. The van der Waals surface area contributed by atoms with Crippen molar-refractivity contribution < 1.29 is 9.53 Å². The van der Waals surface area contributed by atoms with Gasteiger partial charge in [-0.2, -0.15) is 0 Å². The van der Waals surface area contributed by atoms with Gasteiger partial charge in [0.25, 0.3) is 5.91 Å². The predicted molar refractivity (Wildman–Crippen MR) is 96.1 cm³/mol. The summed E-state index contributed by atoms with van der Waals surface area (Å²) >= 11 is 6.15. The van der Waals surface area contributed by atoms with Gasteiger partial charge in [-0.1, -0.05) is 30.9 Å². The van der Waals surface area contributed by atoms with E-state index in [1.165, 1.54) is 12.1 Å². The Labute approximate surface area is 152 Å². The zero-order valence-electron chi connectivity index (χ0n) is 14.3.